The zero-order valence-corrected chi connectivity index (χ0v) is 24.0. The van der Waals surface area contributed by atoms with Crippen molar-refractivity contribution in [3.05, 3.63) is 83.2 Å². The molecular weight excluding hydrogens is 526 g/mol. The molecule has 9 heteroatoms. The van der Waals surface area contributed by atoms with E-state index in [1.807, 2.05) is 81.3 Å². The van der Waals surface area contributed by atoms with E-state index in [0.29, 0.717) is 30.4 Å². The molecule has 1 aliphatic heterocycles. The number of hydrogen-bond donors (Lipinski definition) is 0. The molecule has 1 saturated heterocycles. The maximum atomic E-state index is 13.2. The molecule has 0 aliphatic carbocycles. The third-order valence-electron chi connectivity index (χ3n) is 6.98. The molecule has 0 saturated carbocycles. The van der Waals surface area contributed by atoms with Crippen LogP contribution in [0, 0.1) is 0 Å². The lowest BCUT2D eigenvalue weighted by atomic mass is 10.0. The number of rotatable bonds is 9. The number of unbranched alkanes of at least 4 members (excludes halogenated alkanes) is 1. The first-order valence-corrected chi connectivity index (χ1v) is 15.3. The maximum absolute atomic E-state index is 13.2. The number of carbonyl (C=O) groups excluding carboxylic acids is 2. The predicted molar refractivity (Wildman–Crippen MR) is 158 cm³/mol. The van der Waals surface area contributed by atoms with Crippen LogP contribution in [-0.4, -0.2) is 67.8 Å². The molecule has 0 radical (unpaired) electrons. The first-order valence-electron chi connectivity index (χ1n) is 13.4. The highest BCUT2D eigenvalue weighted by molar-refractivity contribution is 7.99. The number of aryl methyl sites for hydroxylation is 1. The molecule has 2 amide bonds. The Kier molecular flexibility index (Phi) is 8.78. The predicted octanol–water partition coefficient (Wildman–Crippen LogP) is 5.80. The number of hydrogen-bond acceptors (Lipinski definition) is 6. The number of benzene rings is 2. The van der Waals surface area contributed by atoms with Gasteiger partial charge in [-0.1, -0.05) is 61.5 Å². The summed E-state index contributed by atoms with van der Waals surface area (Å²) < 4.78 is 2.01. The lowest BCUT2D eigenvalue weighted by Crippen LogP contribution is -2.55. The first-order chi connectivity index (χ1) is 19.0. The third kappa shape index (κ3) is 6.25. The highest BCUT2D eigenvalue weighted by Gasteiger charge is 2.30. The van der Waals surface area contributed by atoms with Gasteiger partial charge in [-0.15, -0.1) is 21.5 Å². The lowest BCUT2D eigenvalue weighted by Gasteiger charge is -2.40. The second-order valence-electron chi connectivity index (χ2n) is 9.73. The summed E-state index contributed by atoms with van der Waals surface area (Å²) in [6, 6.07) is 21.9. The fourth-order valence-electron chi connectivity index (χ4n) is 4.80. The second-order valence-corrected chi connectivity index (χ2v) is 11.6. The number of carbonyl (C=O) groups is 2. The molecule has 0 N–H and O–H groups in total. The quantitative estimate of drug-likeness (QED) is 0.242. The van der Waals surface area contributed by atoms with Gasteiger partial charge in [0.1, 0.15) is 0 Å². The number of thiophene rings is 1. The summed E-state index contributed by atoms with van der Waals surface area (Å²) in [7, 11) is 0. The average Bonchev–Trinajstić information content (AvgIpc) is 3.65. The second kappa shape index (κ2) is 12.6. The van der Waals surface area contributed by atoms with Crippen LogP contribution in [0.3, 0.4) is 0 Å². The van der Waals surface area contributed by atoms with Gasteiger partial charge in [-0.3, -0.25) is 14.2 Å². The van der Waals surface area contributed by atoms with Crippen molar-refractivity contribution in [1.29, 1.82) is 0 Å². The summed E-state index contributed by atoms with van der Waals surface area (Å²) in [5.74, 6) is 1.10. The van der Waals surface area contributed by atoms with Gasteiger partial charge in [-0.25, -0.2) is 0 Å². The van der Waals surface area contributed by atoms with E-state index in [4.69, 9.17) is 0 Å². The number of amides is 2. The van der Waals surface area contributed by atoms with Gasteiger partial charge in [-0.2, -0.15) is 0 Å². The minimum Gasteiger partial charge on any atom is -0.338 e. The fourth-order valence-corrected chi connectivity index (χ4v) is 6.36. The van der Waals surface area contributed by atoms with Gasteiger partial charge in [-0.05, 0) is 61.0 Å². The van der Waals surface area contributed by atoms with Gasteiger partial charge >= 0.3 is 0 Å². The van der Waals surface area contributed by atoms with Crippen LogP contribution in [-0.2, 0) is 11.2 Å². The zero-order valence-electron chi connectivity index (χ0n) is 22.3. The van der Waals surface area contributed by atoms with Crippen molar-refractivity contribution in [3.63, 3.8) is 0 Å². The smallest absolute Gasteiger partial charge is 0.254 e. The Balaban J connectivity index is 1.21. The molecule has 0 spiro atoms. The number of thioether (sulfide) groups is 1. The number of piperazine rings is 1. The Bertz CT molecular complexity index is 1390. The van der Waals surface area contributed by atoms with Crippen LogP contribution < -0.4 is 0 Å². The molecule has 7 nitrogen and oxygen atoms in total. The highest BCUT2D eigenvalue weighted by atomic mass is 32.2. The van der Waals surface area contributed by atoms with Crippen LogP contribution in [0.15, 0.2) is 77.3 Å². The standard InChI is InChI=1S/C30H33N5O2S2/c1-3-4-9-23-13-15-24(16-14-23)29(37)34-18-17-33(20-22(34)2)27(36)21-39-30-32-31-28(26-12-8-19-38-26)35(30)25-10-6-5-7-11-25/h5-8,10-16,19,22H,3-4,9,17-18,20-21H2,1-2H3. The summed E-state index contributed by atoms with van der Waals surface area (Å²) in [5.41, 5.74) is 2.93. The van der Waals surface area contributed by atoms with Gasteiger partial charge in [0.15, 0.2) is 11.0 Å². The van der Waals surface area contributed by atoms with Crippen LogP contribution in [0.4, 0.5) is 0 Å². The highest BCUT2D eigenvalue weighted by Crippen LogP contribution is 2.30. The Morgan fingerprint density at radius 1 is 1.00 bits per heavy atom. The van der Waals surface area contributed by atoms with Gasteiger partial charge < -0.3 is 9.80 Å². The summed E-state index contributed by atoms with van der Waals surface area (Å²) >= 11 is 3.01. The zero-order chi connectivity index (χ0) is 27.2. The summed E-state index contributed by atoms with van der Waals surface area (Å²) in [6.45, 7) is 5.76. The monoisotopic (exact) mass is 559 g/mol. The van der Waals surface area contributed by atoms with Crippen LogP contribution in [0.2, 0.25) is 0 Å². The number of aromatic nitrogens is 3. The van der Waals surface area contributed by atoms with E-state index in [1.165, 1.54) is 17.3 Å². The van der Waals surface area contributed by atoms with Crippen LogP contribution in [0.5, 0.6) is 0 Å². The number of para-hydroxylation sites is 1. The molecule has 1 atom stereocenters. The van der Waals surface area contributed by atoms with Crippen LogP contribution in [0.1, 0.15) is 42.6 Å². The van der Waals surface area contributed by atoms with Crippen molar-refractivity contribution >= 4 is 34.9 Å². The van der Waals surface area contributed by atoms with Crippen molar-refractivity contribution in [2.75, 3.05) is 25.4 Å². The molecule has 0 bridgehead atoms. The lowest BCUT2D eigenvalue weighted by molar-refractivity contribution is -0.130. The van der Waals surface area contributed by atoms with E-state index in [0.717, 1.165) is 35.7 Å². The minimum atomic E-state index is -0.0571. The fraction of sp³-hybridized carbons (Fsp3) is 0.333. The average molecular weight is 560 g/mol. The molecule has 2 aromatic carbocycles. The molecule has 2 aromatic heterocycles. The Labute approximate surface area is 237 Å². The minimum absolute atomic E-state index is 0.0306. The summed E-state index contributed by atoms with van der Waals surface area (Å²) in [6.07, 6.45) is 3.35. The van der Waals surface area contributed by atoms with E-state index >= 15 is 0 Å². The third-order valence-corrected chi connectivity index (χ3v) is 8.75. The Hall–Kier alpha value is -3.43. The Morgan fingerprint density at radius 3 is 2.49 bits per heavy atom. The molecule has 202 valence electrons. The van der Waals surface area contributed by atoms with Gasteiger partial charge in [0, 0.05) is 36.9 Å². The van der Waals surface area contributed by atoms with Crippen LogP contribution in [0.25, 0.3) is 16.4 Å². The van der Waals surface area contributed by atoms with Gasteiger partial charge in [0.05, 0.1) is 10.6 Å². The van der Waals surface area contributed by atoms with Crippen molar-refractivity contribution in [3.8, 4) is 16.4 Å². The summed E-state index contributed by atoms with van der Waals surface area (Å²) in [4.78, 5) is 31.2. The molecule has 1 aliphatic rings. The first kappa shape index (κ1) is 27.1. The SMILES string of the molecule is CCCCc1ccc(C(=O)N2CCN(C(=O)CSc3nnc(-c4cccs4)n3-c3ccccc3)CC2C)cc1. The van der Waals surface area contributed by atoms with Crippen molar-refractivity contribution in [2.45, 2.75) is 44.3 Å². The van der Waals surface area contributed by atoms with E-state index in [9.17, 15) is 9.59 Å². The topological polar surface area (TPSA) is 71.3 Å². The molecule has 3 heterocycles. The van der Waals surface area contributed by atoms with E-state index in [1.54, 1.807) is 11.3 Å². The largest absolute Gasteiger partial charge is 0.338 e. The molecule has 4 aromatic rings. The van der Waals surface area contributed by atoms with Crippen molar-refractivity contribution < 1.29 is 9.59 Å². The molecule has 1 fully saturated rings. The van der Waals surface area contributed by atoms with Crippen LogP contribution >= 0.6 is 23.1 Å². The summed E-state index contributed by atoms with van der Waals surface area (Å²) in [5, 5.41) is 11.6. The normalized spacial score (nSPS) is 15.5. The van der Waals surface area contributed by atoms with E-state index in [-0.39, 0.29) is 23.6 Å². The molecule has 1 unspecified atom stereocenters. The number of nitrogens with zero attached hydrogens (tertiary/aromatic N) is 5. The molecule has 39 heavy (non-hydrogen) atoms. The van der Waals surface area contributed by atoms with E-state index in [2.05, 4.69) is 29.3 Å². The molecular formula is C30H33N5O2S2. The maximum Gasteiger partial charge on any atom is 0.254 e. The van der Waals surface area contributed by atoms with Crippen molar-refractivity contribution in [2.24, 2.45) is 0 Å². The van der Waals surface area contributed by atoms with E-state index < -0.39 is 0 Å². The van der Waals surface area contributed by atoms with Crippen molar-refractivity contribution in [1.82, 2.24) is 24.6 Å². The Morgan fingerprint density at radius 2 is 1.79 bits per heavy atom. The molecule has 5 rings (SSSR count). The van der Waals surface area contributed by atoms with Gasteiger partial charge in [0.2, 0.25) is 5.91 Å². The van der Waals surface area contributed by atoms with Gasteiger partial charge in [0.25, 0.3) is 5.91 Å².